The van der Waals surface area contributed by atoms with E-state index >= 15 is 0 Å². The molecule has 0 aliphatic rings. The topological polar surface area (TPSA) is 57.5 Å². The molecule has 0 aliphatic heterocycles. The van der Waals surface area contributed by atoms with Crippen LogP contribution < -0.4 is 0 Å². The second-order valence-electron chi connectivity index (χ2n) is 2.17. The molecule has 3 nitrogen and oxygen atoms in total. The van der Waals surface area contributed by atoms with Crippen molar-refractivity contribution in [3.63, 3.8) is 0 Å². The summed E-state index contributed by atoms with van der Waals surface area (Å²) in [4.78, 5) is 14.2. The molecule has 0 amide bonds. The van der Waals surface area contributed by atoms with Crippen LogP contribution in [0, 0.1) is 5.92 Å². The van der Waals surface area contributed by atoms with Crippen LogP contribution >= 0.6 is 8.25 Å². The number of hydrogen-bond acceptors (Lipinski definition) is 1. The summed E-state index contributed by atoms with van der Waals surface area (Å²) in [5, 5.41) is 0. The minimum absolute atomic E-state index is 0.935. The lowest BCUT2D eigenvalue weighted by Crippen LogP contribution is -1.85. The molecule has 0 spiro atoms. The SMILES string of the molecule is CCC(C)CC.O=[P+](O)O. The maximum atomic E-state index is 8.70. The number of hydrogen-bond donors (Lipinski definition) is 2. The average Bonchev–Trinajstić information content (AvgIpc) is 1.85. The van der Waals surface area contributed by atoms with Gasteiger partial charge in [-0.05, 0) is 5.92 Å². The van der Waals surface area contributed by atoms with Gasteiger partial charge in [-0.1, -0.05) is 33.6 Å². The molecule has 0 fully saturated rings. The first-order chi connectivity index (χ1) is 4.54. The molecular formula is C6H16O3P+. The van der Waals surface area contributed by atoms with Crippen molar-refractivity contribution < 1.29 is 14.4 Å². The van der Waals surface area contributed by atoms with Crippen molar-refractivity contribution in [1.82, 2.24) is 0 Å². The fourth-order valence-corrected chi connectivity index (χ4v) is 0.289. The summed E-state index contributed by atoms with van der Waals surface area (Å²) in [6.07, 6.45) is 2.66. The van der Waals surface area contributed by atoms with Crippen LogP contribution in [0.2, 0.25) is 0 Å². The normalized spacial score (nSPS) is 8.60. The van der Waals surface area contributed by atoms with Crippen molar-refractivity contribution in [3.8, 4) is 0 Å². The Morgan fingerprint density at radius 1 is 1.30 bits per heavy atom. The van der Waals surface area contributed by atoms with E-state index in [0.717, 1.165) is 5.92 Å². The highest BCUT2D eigenvalue weighted by molar-refractivity contribution is 7.30. The Kier molecular flexibility index (Phi) is 11.4. The van der Waals surface area contributed by atoms with Crippen LogP contribution in [0.1, 0.15) is 33.6 Å². The van der Waals surface area contributed by atoms with E-state index in [0.29, 0.717) is 0 Å². The minimum Gasteiger partial charge on any atom is -0.134 e. The lowest BCUT2D eigenvalue weighted by molar-refractivity contribution is 0.405. The van der Waals surface area contributed by atoms with Crippen molar-refractivity contribution in [2.75, 3.05) is 0 Å². The molecule has 0 aliphatic carbocycles. The molecule has 0 aromatic heterocycles. The average molecular weight is 167 g/mol. The summed E-state index contributed by atoms with van der Waals surface area (Å²) >= 11 is 0. The molecule has 62 valence electrons. The van der Waals surface area contributed by atoms with Crippen LogP contribution in [-0.2, 0) is 4.57 Å². The van der Waals surface area contributed by atoms with E-state index in [1.165, 1.54) is 12.8 Å². The van der Waals surface area contributed by atoms with Gasteiger partial charge < -0.3 is 0 Å². The molecule has 0 bridgehead atoms. The molecule has 0 saturated carbocycles. The van der Waals surface area contributed by atoms with Gasteiger partial charge in [-0.15, -0.1) is 9.79 Å². The largest absolute Gasteiger partial charge is 0.692 e. The molecule has 4 heteroatoms. The van der Waals surface area contributed by atoms with Gasteiger partial charge in [-0.25, -0.2) is 0 Å². The zero-order valence-electron chi connectivity index (χ0n) is 6.74. The van der Waals surface area contributed by atoms with E-state index in [1.54, 1.807) is 0 Å². The second-order valence-corrected chi connectivity index (χ2v) is 2.68. The Labute approximate surface area is 63.0 Å². The summed E-state index contributed by atoms with van der Waals surface area (Å²) in [5.74, 6) is 0.935. The molecule has 2 N–H and O–H groups in total. The Balaban J connectivity index is 0. The van der Waals surface area contributed by atoms with Crippen LogP contribution in [0.4, 0.5) is 0 Å². The van der Waals surface area contributed by atoms with Gasteiger partial charge in [0, 0.05) is 4.57 Å². The standard InChI is InChI=1S/C6H14.HO3P/c1-4-6(3)5-2;1-4(2)3/h6H,4-5H2,1-3H3;(H-,1,2,3)/p+1. The lowest BCUT2D eigenvalue weighted by Gasteiger charge is -1.98. The molecule has 0 unspecified atom stereocenters. The molecule has 0 aromatic carbocycles. The summed E-state index contributed by atoms with van der Waals surface area (Å²) in [7, 11) is -2.87. The molecule has 0 heterocycles. The molecule has 0 saturated heterocycles. The van der Waals surface area contributed by atoms with Crippen molar-refractivity contribution in [2.45, 2.75) is 33.6 Å². The van der Waals surface area contributed by atoms with Gasteiger partial charge in [-0.2, -0.15) is 0 Å². The Morgan fingerprint density at radius 3 is 1.50 bits per heavy atom. The van der Waals surface area contributed by atoms with Crippen molar-refractivity contribution in [2.24, 2.45) is 5.92 Å². The quantitative estimate of drug-likeness (QED) is 0.619. The van der Waals surface area contributed by atoms with Crippen molar-refractivity contribution in [3.05, 3.63) is 0 Å². The fourth-order valence-electron chi connectivity index (χ4n) is 0.289. The van der Waals surface area contributed by atoms with E-state index in [2.05, 4.69) is 20.8 Å². The molecular weight excluding hydrogens is 151 g/mol. The third-order valence-electron chi connectivity index (χ3n) is 1.39. The Hall–Kier alpha value is 0.0200. The van der Waals surface area contributed by atoms with E-state index in [9.17, 15) is 0 Å². The molecule has 0 aromatic rings. The van der Waals surface area contributed by atoms with Crippen LogP contribution in [0.25, 0.3) is 0 Å². The van der Waals surface area contributed by atoms with E-state index in [1.807, 2.05) is 0 Å². The smallest absolute Gasteiger partial charge is 0.134 e. The fraction of sp³-hybridized carbons (Fsp3) is 1.00. The maximum absolute atomic E-state index is 8.70. The third-order valence-corrected chi connectivity index (χ3v) is 1.39. The van der Waals surface area contributed by atoms with Gasteiger partial charge >= 0.3 is 8.25 Å². The highest BCUT2D eigenvalue weighted by Crippen LogP contribution is 2.02. The Bertz CT molecular complexity index is 77.1. The van der Waals surface area contributed by atoms with Crippen LogP contribution in [-0.4, -0.2) is 9.79 Å². The molecule has 0 atom stereocenters. The molecule has 0 radical (unpaired) electrons. The second kappa shape index (κ2) is 9.02. The van der Waals surface area contributed by atoms with E-state index < -0.39 is 8.25 Å². The van der Waals surface area contributed by atoms with Gasteiger partial charge in [-0.3, -0.25) is 0 Å². The van der Waals surface area contributed by atoms with E-state index in [-0.39, 0.29) is 0 Å². The van der Waals surface area contributed by atoms with Crippen molar-refractivity contribution in [1.29, 1.82) is 0 Å². The van der Waals surface area contributed by atoms with E-state index in [4.69, 9.17) is 14.4 Å². The first-order valence-electron chi connectivity index (χ1n) is 3.39. The lowest BCUT2D eigenvalue weighted by atomic mass is 10.1. The minimum atomic E-state index is -2.87. The predicted octanol–water partition coefficient (Wildman–Crippen LogP) is 2.07. The van der Waals surface area contributed by atoms with Crippen LogP contribution in [0.15, 0.2) is 0 Å². The summed E-state index contributed by atoms with van der Waals surface area (Å²) < 4.78 is 8.70. The van der Waals surface area contributed by atoms with Gasteiger partial charge in [0.05, 0.1) is 0 Å². The predicted molar refractivity (Wildman–Crippen MR) is 41.8 cm³/mol. The summed E-state index contributed by atoms with van der Waals surface area (Å²) in [5.41, 5.74) is 0. The zero-order chi connectivity index (χ0) is 8.57. The summed E-state index contributed by atoms with van der Waals surface area (Å²) in [6.45, 7) is 6.74. The van der Waals surface area contributed by atoms with Gasteiger partial charge in [0.15, 0.2) is 0 Å². The first kappa shape index (κ1) is 12.7. The third kappa shape index (κ3) is 24.5. The van der Waals surface area contributed by atoms with Gasteiger partial charge in [0.1, 0.15) is 0 Å². The molecule has 0 rings (SSSR count). The van der Waals surface area contributed by atoms with Gasteiger partial charge in [0.2, 0.25) is 0 Å². The van der Waals surface area contributed by atoms with Crippen LogP contribution in [0.3, 0.4) is 0 Å². The highest BCUT2D eigenvalue weighted by atomic mass is 31.1. The summed E-state index contributed by atoms with van der Waals surface area (Å²) in [6, 6.07) is 0. The zero-order valence-corrected chi connectivity index (χ0v) is 7.64. The number of rotatable bonds is 2. The van der Waals surface area contributed by atoms with Crippen molar-refractivity contribution >= 4 is 8.25 Å². The van der Waals surface area contributed by atoms with Crippen LogP contribution in [0.5, 0.6) is 0 Å². The maximum Gasteiger partial charge on any atom is 0.692 e. The first-order valence-corrected chi connectivity index (χ1v) is 4.56. The van der Waals surface area contributed by atoms with Gasteiger partial charge in [0.25, 0.3) is 0 Å². The highest BCUT2D eigenvalue weighted by Gasteiger charge is 1.93. The molecule has 10 heavy (non-hydrogen) atoms. The monoisotopic (exact) mass is 167 g/mol. The Morgan fingerprint density at radius 2 is 1.50 bits per heavy atom.